The van der Waals surface area contributed by atoms with Crippen LogP contribution in [0.15, 0.2) is 30.7 Å². The van der Waals surface area contributed by atoms with Crippen LogP contribution in [-0.2, 0) is 0 Å². The van der Waals surface area contributed by atoms with Gasteiger partial charge in [0.1, 0.15) is 5.65 Å². The average molecular weight is 259 g/mol. The number of aromatic nitrogens is 2. The third-order valence-corrected chi connectivity index (χ3v) is 3.82. The van der Waals surface area contributed by atoms with Crippen molar-refractivity contribution in [1.29, 1.82) is 0 Å². The molecule has 1 aliphatic carbocycles. The van der Waals surface area contributed by atoms with Gasteiger partial charge in [0.05, 0.1) is 11.7 Å². The molecule has 2 N–H and O–H groups in total. The van der Waals surface area contributed by atoms with Crippen molar-refractivity contribution in [2.24, 2.45) is 5.92 Å². The van der Waals surface area contributed by atoms with Gasteiger partial charge in [-0.15, -0.1) is 0 Å². The van der Waals surface area contributed by atoms with Crippen LogP contribution in [0.5, 0.6) is 0 Å². The lowest BCUT2D eigenvalue weighted by Crippen LogP contribution is -2.38. The van der Waals surface area contributed by atoms with Crippen molar-refractivity contribution in [3.05, 3.63) is 36.3 Å². The van der Waals surface area contributed by atoms with Gasteiger partial charge < -0.3 is 14.8 Å². The number of aliphatic hydroxyl groups is 1. The first kappa shape index (κ1) is 12.2. The van der Waals surface area contributed by atoms with Gasteiger partial charge in [0.15, 0.2) is 0 Å². The highest BCUT2D eigenvalue weighted by atomic mass is 16.3. The Labute approximate surface area is 111 Å². The first-order valence-corrected chi connectivity index (χ1v) is 6.63. The van der Waals surface area contributed by atoms with Crippen LogP contribution in [0.25, 0.3) is 5.65 Å². The van der Waals surface area contributed by atoms with E-state index in [1.807, 2.05) is 0 Å². The molecule has 100 valence electrons. The van der Waals surface area contributed by atoms with Gasteiger partial charge in [-0.25, -0.2) is 4.98 Å². The van der Waals surface area contributed by atoms with Gasteiger partial charge in [-0.1, -0.05) is 6.42 Å². The second kappa shape index (κ2) is 5.01. The fourth-order valence-electron chi connectivity index (χ4n) is 2.34. The summed E-state index contributed by atoms with van der Waals surface area (Å²) in [5, 5.41) is 12.7. The Bertz CT molecular complexity index is 589. The lowest BCUT2D eigenvalue weighted by atomic mass is 9.81. The molecule has 2 aromatic heterocycles. The maximum absolute atomic E-state index is 12.0. The summed E-state index contributed by atoms with van der Waals surface area (Å²) < 4.78 is 1.80. The second-order valence-corrected chi connectivity index (χ2v) is 5.08. The monoisotopic (exact) mass is 259 g/mol. The number of amides is 1. The standard InChI is InChI=1S/C14H17N3O2/c18-12(10-2-1-3-10)8-16-14(19)11-4-5-13-15-6-7-17(13)9-11/h4-7,9-10,12,18H,1-3,8H2,(H,16,19)/t12-/m0/s1. The molecule has 1 atom stereocenters. The minimum absolute atomic E-state index is 0.158. The summed E-state index contributed by atoms with van der Waals surface area (Å²) in [6, 6.07) is 3.55. The summed E-state index contributed by atoms with van der Waals surface area (Å²) in [7, 11) is 0. The summed E-state index contributed by atoms with van der Waals surface area (Å²) >= 11 is 0. The smallest absolute Gasteiger partial charge is 0.252 e. The van der Waals surface area contributed by atoms with Crippen molar-refractivity contribution in [2.75, 3.05) is 6.54 Å². The highest BCUT2D eigenvalue weighted by molar-refractivity contribution is 5.94. The Morgan fingerprint density at radius 3 is 3.11 bits per heavy atom. The number of carbonyl (C=O) groups is 1. The second-order valence-electron chi connectivity index (χ2n) is 5.08. The molecule has 1 fully saturated rings. The number of rotatable bonds is 4. The van der Waals surface area contributed by atoms with Crippen LogP contribution in [0.1, 0.15) is 29.6 Å². The molecular weight excluding hydrogens is 242 g/mol. The third kappa shape index (κ3) is 2.46. The number of imidazole rings is 1. The minimum atomic E-state index is -0.422. The van der Waals surface area contributed by atoms with Gasteiger partial charge >= 0.3 is 0 Å². The van der Waals surface area contributed by atoms with E-state index >= 15 is 0 Å². The van der Waals surface area contributed by atoms with Crippen molar-refractivity contribution in [2.45, 2.75) is 25.4 Å². The van der Waals surface area contributed by atoms with Crippen LogP contribution < -0.4 is 5.32 Å². The molecule has 0 saturated heterocycles. The van der Waals surface area contributed by atoms with Gasteiger partial charge in [-0.2, -0.15) is 0 Å². The fraction of sp³-hybridized carbons (Fsp3) is 0.429. The number of nitrogens with one attached hydrogen (secondary N) is 1. The first-order chi connectivity index (χ1) is 9.24. The molecule has 2 aromatic rings. The maximum Gasteiger partial charge on any atom is 0.252 e. The van der Waals surface area contributed by atoms with E-state index in [2.05, 4.69) is 10.3 Å². The van der Waals surface area contributed by atoms with Crippen LogP contribution in [-0.4, -0.2) is 33.0 Å². The van der Waals surface area contributed by atoms with Crippen molar-refractivity contribution in [3.8, 4) is 0 Å². The van der Waals surface area contributed by atoms with Gasteiger partial charge in [-0.3, -0.25) is 4.79 Å². The Kier molecular flexibility index (Phi) is 3.21. The Balaban J connectivity index is 1.62. The number of nitrogens with zero attached hydrogens (tertiary/aromatic N) is 2. The van der Waals surface area contributed by atoms with Crippen LogP contribution in [0, 0.1) is 5.92 Å². The average Bonchev–Trinajstić information content (AvgIpc) is 2.80. The maximum atomic E-state index is 12.0. The molecule has 5 heteroatoms. The molecule has 19 heavy (non-hydrogen) atoms. The number of hydrogen-bond donors (Lipinski definition) is 2. The molecule has 0 bridgehead atoms. The van der Waals surface area contributed by atoms with E-state index in [0.717, 1.165) is 18.5 Å². The number of fused-ring (bicyclic) bond motifs is 1. The molecule has 0 unspecified atom stereocenters. The van der Waals surface area contributed by atoms with E-state index in [9.17, 15) is 9.90 Å². The number of aliphatic hydroxyl groups excluding tert-OH is 1. The molecule has 0 spiro atoms. The third-order valence-electron chi connectivity index (χ3n) is 3.82. The number of pyridine rings is 1. The molecular formula is C14H17N3O2. The Morgan fingerprint density at radius 1 is 1.53 bits per heavy atom. The van der Waals surface area contributed by atoms with E-state index in [-0.39, 0.29) is 5.91 Å². The summed E-state index contributed by atoms with van der Waals surface area (Å²) in [6.07, 6.45) is 8.14. The molecule has 1 amide bonds. The summed E-state index contributed by atoms with van der Waals surface area (Å²) in [6.45, 7) is 0.325. The Hall–Kier alpha value is -1.88. The zero-order valence-corrected chi connectivity index (χ0v) is 10.6. The molecule has 2 heterocycles. The normalized spacial score (nSPS) is 17.1. The fourth-order valence-corrected chi connectivity index (χ4v) is 2.34. The largest absolute Gasteiger partial charge is 0.391 e. The Morgan fingerprint density at radius 2 is 2.37 bits per heavy atom. The lowest BCUT2D eigenvalue weighted by Gasteiger charge is -2.30. The van der Waals surface area contributed by atoms with Gasteiger partial charge in [0.25, 0.3) is 5.91 Å². The van der Waals surface area contributed by atoms with E-state index in [0.29, 0.717) is 18.0 Å². The van der Waals surface area contributed by atoms with Crippen LogP contribution in [0.3, 0.4) is 0 Å². The van der Waals surface area contributed by atoms with E-state index in [4.69, 9.17) is 0 Å². The lowest BCUT2D eigenvalue weighted by molar-refractivity contribution is 0.0584. The quantitative estimate of drug-likeness (QED) is 0.867. The highest BCUT2D eigenvalue weighted by Gasteiger charge is 2.25. The van der Waals surface area contributed by atoms with Gasteiger partial charge in [-0.05, 0) is 30.9 Å². The van der Waals surface area contributed by atoms with Crippen molar-refractivity contribution >= 4 is 11.6 Å². The van der Waals surface area contributed by atoms with Crippen LogP contribution in [0.4, 0.5) is 0 Å². The summed E-state index contributed by atoms with van der Waals surface area (Å²) in [4.78, 5) is 16.1. The molecule has 1 aliphatic rings. The molecule has 1 saturated carbocycles. The highest BCUT2D eigenvalue weighted by Crippen LogP contribution is 2.29. The number of hydrogen-bond acceptors (Lipinski definition) is 3. The molecule has 0 aromatic carbocycles. The molecule has 3 rings (SSSR count). The number of carbonyl (C=O) groups excluding carboxylic acids is 1. The SMILES string of the molecule is O=C(NC[C@H](O)C1CCC1)c1ccc2nccn2c1. The van der Waals surface area contributed by atoms with E-state index in [1.165, 1.54) is 6.42 Å². The van der Waals surface area contributed by atoms with Crippen molar-refractivity contribution < 1.29 is 9.90 Å². The van der Waals surface area contributed by atoms with Crippen LogP contribution in [0.2, 0.25) is 0 Å². The minimum Gasteiger partial charge on any atom is -0.391 e. The van der Waals surface area contributed by atoms with Gasteiger partial charge in [0, 0.05) is 25.1 Å². The van der Waals surface area contributed by atoms with Crippen LogP contribution >= 0.6 is 0 Å². The summed E-state index contributed by atoms with van der Waals surface area (Å²) in [5.41, 5.74) is 1.39. The topological polar surface area (TPSA) is 66.6 Å². The molecule has 0 radical (unpaired) electrons. The molecule has 0 aliphatic heterocycles. The van der Waals surface area contributed by atoms with Crippen molar-refractivity contribution in [3.63, 3.8) is 0 Å². The van der Waals surface area contributed by atoms with E-state index in [1.54, 1.807) is 35.1 Å². The zero-order valence-electron chi connectivity index (χ0n) is 10.6. The first-order valence-electron chi connectivity index (χ1n) is 6.63. The predicted molar refractivity (Wildman–Crippen MR) is 70.9 cm³/mol. The zero-order chi connectivity index (χ0) is 13.2. The van der Waals surface area contributed by atoms with E-state index < -0.39 is 6.10 Å². The van der Waals surface area contributed by atoms with Gasteiger partial charge in [0.2, 0.25) is 0 Å². The van der Waals surface area contributed by atoms with Crippen molar-refractivity contribution in [1.82, 2.24) is 14.7 Å². The molecule has 5 nitrogen and oxygen atoms in total. The summed E-state index contributed by atoms with van der Waals surface area (Å²) in [5.74, 6) is 0.199. The predicted octanol–water partition coefficient (Wildman–Crippen LogP) is 1.23.